The highest BCUT2D eigenvalue weighted by molar-refractivity contribution is 7.99. The first-order valence-electron chi connectivity index (χ1n) is 11.0. The molecule has 1 N–H and O–H groups in total. The Morgan fingerprint density at radius 1 is 1.13 bits per heavy atom. The van der Waals surface area contributed by atoms with Crippen LogP contribution in [0, 0.1) is 6.92 Å². The molecular formula is C25H33ClN2O2S. The number of carbonyl (C=O) groups is 2. The van der Waals surface area contributed by atoms with Crippen LogP contribution in [0.5, 0.6) is 0 Å². The number of amides is 2. The van der Waals surface area contributed by atoms with Crippen LogP contribution in [-0.2, 0) is 16.1 Å². The van der Waals surface area contributed by atoms with Gasteiger partial charge >= 0.3 is 0 Å². The number of benzene rings is 2. The molecule has 0 fully saturated rings. The number of thioether (sulfide) groups is 1. The highest BCUT2D eigenvalue weighted by atomic mass is 35.5. The van der Waals surface area contributed by atoms with Crippen molar-refractivity contribution >= 4 is 35.2 Å². The lowest BCUT2D eigenvalue weighted by molar-refractivity contribution is -0.141. The molecule has 2 aromatic carbocycles. The van der Waals surface area contributed by atoms with Gasteiger partial charge in [-0.3, -0.25) is 9.59 Å². The van der Waals surface area contributed by atoms with Crippen molar-refractivity contribution in [3.05, 3.63) is 64.7 Å². The lowest BCUT2D eigenvalue weighted by Gasteiger charge is -2.31. The summed E-state index contributed by atoms with van der Waals surface area (Å²) in [7, 11) is 0. The number of carbonyl (C=O) groups excluding carboxylic acids is 2. The van der Waals surface area contributed by atoms with Gasteiger partial charge in [-0.25, -0.2) is 0 Å². The molecule has 2 rings (SSSR count). The molecule has 0 aliphatic carbocycles. The van der Waals surface area contributed by atoms with Crippen molar-refractivity contribution in [2.24, 2.45) is 0 Å². The lowest BCUT2D eigenvalue weighted by atomic mass is 10.1. The fourth-order valence-electron chi connectivity index (χ4n) is 3.36. The van der Waals surface area contributed by atoms with Gasteiger partial charge in [0.05, 0.1) is 0 Å². The largest absolute Gasteiger partial charge is 0.354 e. The fourth-order valence-corrected chi connectivity index (χ4v) is 4.33. The maximum Gasteiger partial charge on any atom is 0.242 e. The number of nitrogens with one attached hydrogen (secondary N) is 1. The molecule has 168 valence electrons. The van der Waals surface area contributed by atoms with Gasteiger partial charge in [-0.15, -0.1) is 11.8 Å². The Morgan fingerprint density at radius 2 is 1.87 bits per heavy atom. The topological polar surface area (TPSA) is 49.4 Å². The molecule has 6 heteroatoms. The molecule has 0 heterocycles. The summed E-state index contributed by atoms with van der Waals surface area (Å²) in [6.07, 6.45) is 2.91. The van der Waals surface area contributed by atoms with E-state index in [0.29, 0.717) is 36.7 Å². The van der Waals surface area contributed by atoms with Gasteiger partial charge in [-0.2, -0.15) is 0 Å². The normalized spacial score (nSPS) is 11.7. The Morgan fingerprint density at radius 3 is 2.52 bits per heavy atom. The summed E-state index contributed by atoms with van der Waals surface area (Å²) in [5.74, 6) is 0.585. The molecule has 0 aliphatic rings. The van der Waals surface area contributed by atoms with Crippen LogP contribution < -0.4 is 5.32 Å². The molecule has 0 aromatic heterocycles. The quantitative estimate of drug-likeness (QED) is 0.319. The number of hydrogen-bond donors (Lipinski definition) is 1. The SMILES string of the molecule is CCCCNC(=O)C(CC)N(Cc1cccc(C)c1)C(=O)CCSc1ccc(Cl)cc1. The summed E-state index contributed by atoms with van der Waals surface area (Å²) in [4.78, 5) is 28.9. The number of unbranched alkanes of at least 4 members (excludes halogenated alkanes) is 1. The van der Waals surface area contributed by atoms with E-state index in [1.807, 2.05) is 56.3 Å². The van der Waals surface area contributed by atoms with E-state index in [4.69, 9.17) is 11.6 Å². The summed E-state index contributed by atoms with van der Waals surface area (Å²) in [6.45, 7) is 7.17. The van der Waals surface area contributed by atoms with Crippen molar-refractivity contribution in [2.75, 3.05) is 12.3 Å². The van der Waals surface area contributed by atoms with E-state index >= 15 is 0 Å². The third-order valence-corrected chi connectivity index (χ3v) is 6.31. The van der Waals surface area contributed by atoms with Gasteiger partial charge in [-0.1, -0.05) is 61.7 Å². The first kappa shape index (κ1) is 25.3. The molecule has 0 saturated carbocycles. The van der Waals surface area contributed by atoms with Gasteiger partial charge in [0.15, 0.2) is 0 Å². The maximum absolute atomic E-state index is 13.2. The predicted octanol–water partition coefficient (Wildman–Crippen LogP) is 5.85. The third kappa shape index (κ3) is 8.58. The van der Waals surface area contributed by atoms with E-state index in [9.17, 15) is 9.59 Å². The first-order chi connectivity index (χ1) is 14.9. The van der Waals surface area contributed by atoms with E-state index in [-0.39, 0.29) is 11.8 Å². The zero-order valence-corrected chi connectivity index (χ0v) is 20.3. The van der Waals surface area contributed by atoms with Crippen LogP contribution in [0.2, 0.25) is 5.02 Å². The molecular weight excluding hydrogens is 428 g/mol. The van der Waals surface area contributed by atoms with E-state index in [2.05, 4.69) is 18.3 Å². The Hall–Kier alpha value is -1.98. The van der Waals surface area contributed by atoms with Crippen LogP contribution in [0.15, 0.2) is 53.4 Å². The Balaban J connectivity index is 2.09. The standard InChI is InChI=1S/C25H33ClN2O2S/c1-4-6-15-27-25(30)23(5-2)28(18-20-9-7-8-19(3)17-20)24(29)14-16-31-22-12-10-21(26)11-13-22/h7-13,17,23H,4-6,14-16,18H2,1-3H3,(H,27,30). The zero-order chi connectivity index (χ0) is 22.6. The lowest BCUT2D eigenvalue weighted by Crippen LogP contribution is -2.49. The van der Waals surface area contributed by atoms with Crippen LogP contribution in [-0.4, -0.2) is 35.1 Å². The van der Waals surface area contributed by atoms with Gasteiger partial charge in [0.1, 0.15) is 6.04 Å². The summed E-state index contributed by atoms with van der Waals surface area (Å²) in [5, 5.41) is 3.70. The molecule has 2 amide bonds. The van der Waals surface area contributed by atoms with Gasteiger partial charge in [-0.05, 0) is 49.6 Å². The molecule has 4 nitrogen and oxygen atoms in total. The van der Waals surface area contributed by atoms with Crippen molar-refractivity contribution in [3.63, 3.8) is 0 Å². The van der Waals surface area contributed by atoms with Crippen molar-refractivity contribution in [2.45, 2.75) is 63.9 Å². The van der Waals surface area contributed by atoms with E-state index in [1.165, 1.54) is 0 Å². The molecule has 2 aromatic rings. The second-order valence-electron chi connectivity index (χ2n) is 7.63. The molecule has 0 saturated heterocycles. The highest BCUT2D eigenvalue weighted by Crippen LogP contribution is 2.22. The Labute approximate surface area is 195 Å². The molecule has 31 heavy (non-hydrogen) atoms. The van der Waals surface area contributed by atoms with Gasteiger partial charge < -0.3 is 10.2 Å². The van der Waals surface area contributed by atoms with E-state index < -0.39 is 6.04 Å². The summed E-state index contributed by atoms with van der Waals surface area (Å²) < 4.78 is 0. The number of halogens is 1. The van der Waals surface area contributed by atoms with Crippen molar-refractivity contribution < 1.29 is 9.59 Å². The van der Waals surface area contributed by atoms with Crippen LogP contribution in [0.1, 0.15) is 50.7 Å². The maximum atomic E-state index is 13.2. The third-order valence-electron chi connectivity index (χ3n) is 5.05. The Bertz CT molecular complexity index is 842. The van der Waals surface area contributed by atoms with Crippen LogP contribution in [0.25, 0.3) is 0 Å². The molecule has 1 unspecified atom stereocenters. The molecule has 1 atom stereocenters. The molecule has 0 aliphatic heterocycles. The zero-order valence-electron chi connectivity index (χ0n) is 18.7. The van der Waals surface area contributed by atoms with Crippen molar-refractivity contribution in [1.29, 1.82) is 0 Å². The minimum absolute atomic E-state index is 0.000427. The average Bonchev–Trinajstić information content (AvgIpc) is 2.75. The highest BCUT2D eigenvalue weighted by Gasteiger charge is 2.28. The molecule has 0 spiro atoms. The smallest absolute Gasteiger partial charge is 0.242 e. The first-order valence-corrected chi connectivity index (χ1v) is 12.3. The van der Waals surface area contributed by atoms with Gasteiger partial charge in [0, 0.05) is 35.2 Å². The summed E-state index contributed by atoms with van der Waals surface area (Å²) in [6, 6.07) is 15.3. The van der Waals surface area contributed by atoms with Crippen molar-refractivity contribution in [3.8, 4) is 0 Å². The monoisotopic (exact) mass is 460 g/mol. The fraction of sp³-hybridized carbons (Fsp3) is 0.440. The van der Waals surface area contributed by atoms with Gasteiger partial charge in [0.25, 0.3) is 0 Å². The number of nitrogens with zero attached hydrogens (tertiary/aromatic N) is 1. The van der Waals surface area contributed by atoms with E-state index in [0.717, 1.165) is 28.9 Å². The average molecular weight is 461 g/mol. The summed E-state index contributed by atoms with van der Waals surface area (Å²) >= 11 is 7.57. The van der Waals surface area contributed by atoms with Crippen LogP contribution >= 0.6 is 23.4 Å². The second-order valence-corrected chi connectivity index (χ2v) is 9.24. The van der Waals surface area contributed by atoms with Crippen LogP contribution in [0.3, 0.4) is 0 Å². The minimum Gasteiger partial charge on any atom is -0.354 e. The Kier molecular flexibility index (Phi) is 11.0. The van der Waals surface area contributed by atoms with E-state index in [1.54, 1.807) is 16.7 Å². The predicted molar refractivity (Wildman–Crippen MR) is 131 cm³/mol. The van der Waals surface area contributed by atoms with Crippen molar-refractivity contribution in [1.82, 2.24) is 10.2 Å². The number of hydrogen-bond acceptors (Lipinski definition) is 3. The summed E-state index contributed by atoms with van der Waals surface area (Å²) in [5.41, 5.74) is 2.18. The number of aryl methyl sites for hydroxylation is 1. The molecule has 0 bridgehead atoms. The molecule has 0 radical (unpaired) electrons. The van der Waals surface area contributed by atoms with Crippen LogP contribution in [0.4, 0.5) is 0 Å². The number of rotatable bonds is 12. The van der Waals surface area contributed by atoms with Gasteiger partial charge in [0.2, 0.25) is 11.8 Å². The second kappa shape index (κ2) is 13.4. The minimum atomic E-state index is -0.467.